The molecule has 1 unspecified atom stereocenters. The Morgan fingerprint density at radius 3 is 2.70 bits per heavy atom. The Bertz CT molecular complexity index is 1020. The SMILES string of the molecule is Cc1cc(C)cc(C2CCCN2C(=O)Cc2csc(NC(=O)Cc3cccs3)n2)c1. The summed E-state index contributed by atoms with van der Waals surface area (Å²) >= 11 is 2.93. The van der Waals surface area contributed by atoms with Crippen molar-refractivity contribution in [1.29, 1.82) is 0 Å². The Balaban J connectivity index is 1.38. The molecule has 2 aromatic heterocycles. The second-order valence-corrected chi connectivity index (χ2v) is 9.68. The van der Waals surface area contributed by atoms with E-state index in [-0.39, 0.29) is 24.3 Å². The van der Waals surface area contributed by atoms with Gasteiger partial charge in [-0.05, 0) is 43.7 Å². The minimum atomic E-state index is -0.0842. The van der Waals surface area contributed by atoms with Gasteiger partial charge in [0, 0.05) is 16.8 Å². The van der Waals surface area contributed by atoms with Crippen molar-refractivity contribution >= 4 is 39.6 Å². The van der Waals surface area contributed by atoms with Gasteiger partial charge in [-0.1, -0.05) is 35.4 Å². The average molecular weight is 440 g/mol. The zero-order chi connectivity index (χ0) is 21.1. The van der Waals surface area contributed by atoms with Gasteiger partial charge < -0.3 is 10.2 Å². The van der Waals surface area contributed by atoms with E-state index in [0.29, 0.717) is 17.2 Å². The lowest BCUT2D eigenvalue weighted by Crippen LogP contribution is -2.32. The fourth-order valence-electron chi connectivity index (χ4n) is 4.05. The standard InChI is InChI=1S/C23H25N3O2S2/c1-15-9-16(2)11-17(10-15)20-6-3-7-26(20)22(28)12-18-14-30-23(24-18)25-21(27)13-19-5-4-8-29-19/h4-5,8-11,14,20H,3,6-7,12-13H2,1-2H3,(H,24,25,27). The third kappa shape index (κ3) is 4.96. The molecule has 30 heavy (non-hydrogen) atoms. The molecule has 7 heteroatoms. The monoisotopic (exact) mass is 439 g/mol. The van der Waals surface area contributed by atoms with E-state index >= 15 is 0 Å². The lowest BCUT2D eigenvalue weighted by molar-refractivity contribution is -0.131. The van der Waals surface area contributed by atoms with Crippen LogP contribution in [0.25, 0.3) is 0 Å². The number of aromatic nitrogens is 1. The molecule has 156 valence electrons. The Morgan fingerprint density at radius 2 is 1.97 bits per heavy atom. The van der Waals surface area contributed by atoms with Crippen LogP contribution in [0.2, 0.25) is 0 Å². The van der Waals surface area contributed by atoms with Crippen molar-refractivity contribution < 1.29 is 9.59 Å². The van der Waals surface area contributed by atoms with Crippen LogP contribution in [0.3, 0.4) is 0 Å². The Morgan fingerprint density at radius 1 is 1.17 bits per heavy atom. The lowest BCUT2D eigenvalue weighted by atomic mass is 9.99. The number of rotatable bonds is 6. The van der Waals surface area contributed by atoms with Crippen molar-refractivity contribution in [3.63, 3.8) is 0 Å². The topological polar surface area (TPSA) is 62.3 Å². The normalized spacial score (nSPS) is 16.1. The Hall–Kier alpha value is -2.51. The number of thiazole rings is 1. The van der Waals surface area contributed by atoms with Crippen LogP contribution in [-0.4, -0.2) is 28.2 Å². The van der Waals surface area contributed by atoms with Gasteiger partial charge in [-0.25, -0.2) is 4.98 Å². The summed E-state index contributed by atoms with van der Waals surface area (Å²) in [5, 5.41) is 7.21. The first-order valence-corrected chi connectivity index (χ1v) is 11.9. The second-order valence-electron chi connectivity index (χ2n) is 7.79. The maximum absolute atomic E-state index is 13.0. The van der Waals surface area contributed by atoms with Gasteiger partial charge in [-0.3, -0.25) is 9.59 Å². The minimum Gasteiger partial charge on any atom is -0.335 e. The molecule has 1 atom stereocenters. The maximum Gasteiger partial charge on any atom is 0.231 e. The molecule has 1 aliphatic heterocycles. The number of benzene rings is 1. The summed E-state index contributed by atoms with van der Waals surface area (Å²) in [5.74, 6) is 0.0116. The summed E-state index contributed by atoms with van der Waals surface area (Å²) in [6.07, 6.45) is 2.62. The molecule has 1 saturated heterocycles. The number of amides is 2. The number of likely N-dealkylation sites (tertiary alicyclic amines) is 1. The molecular weight excluding hydrogens is 414 g/mol. The molecule has 4 rings (SSSR count). The number of carbonyl (C=O) groups excluding carboxylic acids is 2. The van der Waals surface area contributed by atoms with Crippen LogP contribution in [0.1, 0.15) is 46.1 Å². The van der Waals surface area contributed by atoms with Gasteiger partial charge in [0.25, 0.3) is 0 Å². The first-order valence-electron chi connectivity index (χ1n) is 10.1. The maximum atomic E-state index is 13.0. The number of nitrogens with one attached hydrogen (secondary N) is 1. The first kappa shape index (κ1) is 20.8. The summed E-state index contributed by atoms with van der Waals surface area (Å²) in [6.45, 7) is 4.98. The summed E-state index contributed by atoms with van der Waals surface area (Å²) < 4.78 is 0. The summed E-state index contributed by atoms with van der Waals surface area (Å²) in [6, 6.07) is 10.6. The molecule has 0 saturated carbocycles. The van der Waals surface area contributed by atoms with E-state index in [4.69, 9.17) is 0 Å². The predicted molar refractivity (Wildman–Crippen MR) is 122 cm³/mol. The molecule has 1 aliphatic rings. The number of carbonyl (C=O) groups is 2. The number of hydrogen-bond acceptors (Lipinski definition) is 5. The van der Waals surface area contributed by atoms with E-state index in [1.807, 2.05) is 27.8 Å². The van der Waals surface area contributed by atoms with Gasteiger partial charge >= 0.3 is 0 Å². The number of nitrogens with zero attached hydrogens (tertiary/aromatic N) is 2. The highest BCUT2D eigenvalue weighted by atomic mass is 32.1. The molecule has 1 fully saturated rings. The minimum absolute atomic E-state index is 0.0842. The summed E-state index contributed by atoms with van der Waals surface area (Å²) in [7, 11) is 0. The molecule has 3 aromatic rings. The van der Waals surface area contributed by atoms with Crippen LogP contribution in [0, 0.1) is 13.8 Å². The fraction of sp³-hybridized carbons (Fsp3) is 0.348. The molecule has 0 aliphatic carbocycles. The highest BCUT2D eigenvalue weighted by Crippen LogP contribution is 2.33. The predicted octanol–water partition coefficient (Wildman–Crippen LogP) is 4.91. The van der Waals surface area contributed by atoms with Crippen molar-refractivity contribution in [1.82, 2.24) is 9.88 Å². The number of anilines is 1. The van der Waals surface area contributed by atoms with E-state index in [1.165, 1.54) is 28.0 Å². The fourth-order valence-corrected chi connectivity index (χ4v) is 5.48. The molecule has 2 amide bonds. The van der Waals surface area contributed by atoms with E-state index in [0.717, 1.165) is 24.3 Å². The highest BCUT2D eigenvalue weighted by molar-refractivity contribution is 7.14. The molecule has 1 N–H and O–H groups in total. The number of hydrogen-bond donors (Lipinski definition) is 1. The van der Waals surface area contributed by atoms with Gasteiger partial charge in [-0.15, -0.1) is 22.7 Å². The van der Waals surface area contributed by atoms with Gasteiger partial charge in [0.05, 0.1) is 24.6 Å². The zero-order valence-electron chi connectivity index (χ0n) is 17.2. The van der Waals surface area contributed by atoms with Crippen LogP contribution in [0.4, 0.5) is 5.13 Å². The molecule has 0 spiro atoms. The molecule has 0 bridgehead atoms. The second kappa shape index (κ2) is 9.10. The van der Waals surface area contributed by atoms with Crippen LogP contribution in [-0.2, 0) is 22.4 Å². The van der Waals surface area contributed by atoms with Gasteiger partial charge in [-0.2, -0.15) is 0 Å². The van der Waals surface area contributed by atoms with E-state index in [9.17, 15) is 9.59 Å². The summed E-state index contributed by atoms with van der Waals surface area (Å²) in [5.41, 5.74) is 4.39. The molecule has 1 aromatic carbocycles. The van der Waals surface area contributed by atoms with Crippen LogP contribution in [0.5, 0.6) is 0 Å². The third-order valence-electron chi connectivity index (χ3n) is 5.25. The zero-order valence-corrected chi connectivity index (χ0v) is 18.8. The molecule has 0 radical (unpaired) electrons. The van der Waals surface area contributed by atoms with E-state index in [1.54, 1.807) is 11.3 Å². The molecule has 3 heterocycles. The van der Waals surface area contributed by atoms with Crippen molar-refractivity contribution in [2.75, 3.05) is 11.9 Å². The van der Waals surface area contributed by atoms with E-state index in [2.05, 4.69) is 42.3 Å². The van der Waals surface area contributed by atoms with Gasteiger partial charge in [0.2, 0.25) is 11.8 Å². The molecular formula is C23H25N3O2S2. The third-order valence-corrected chi connectivity index (χ3v) is 6.93. The number of aryl methyl sites for hydroxylation is 2. The van der Waals surface area contributed by atoms with Crippen molar-refractivity contribution in [2.45, 2.75) is 45.6 Å². The van der Waals surface area contributed by atoms with Crippen LogP contribution >= 0.6 is 22.7 Å². The Labute approximate surface area is 184 Å². The highest BCUT2D eigenvalue weighted by Gasteiger charge is 2.30. The van der Waals surface area contributed by atoms with Gasteiger partial charge in [0.15, 0.2) is 5.13 Å². The number of thiophene rings is 1. The van der Waals surface area contributed by atoms with E-state index < -0.39 is 0 Å². The van der Waals surface area contributed by atoms with Crippen molar-refractivity contribution in [3.8, 4) is 0 Å². The van der Waals surface area contributed by atoms with Gasteiger partial charge in [0.1, 0.15) is 0 Å². The Kier molecular flexibility index (Phi) is 6.29. The lowest BCUT2D eigenvalue weighted by Gasteiger charge is -2.25. The summed E-state index contributed by atoms with van der Waals surface area (Å²) in [4.78, 5) is 32.6. The smallest absolute Gasteiger partial charge is 0.231 e. The largest absolute Gasteiger partial charge is 0.335 e. The van der Waals surface area contributed by atoms with Crippen LogP contribution in [0.15, 0.2) is 41.1 Å². The molecule has 5 nitrogen and oxygen atoms in total. The quantitative estimate of drug-likeness (QED) is 0.594. The average Bonchev–Trinajstić information content (AvgIpc) is 3.42. The van der Waals surface area contributed by atoms with Crippen molar-refractivity contribution in [3.05, 3.63) is 68.4 Å². The first-order chi connectivity index (χ1) is 14.5. The van der Waals surface area contributed by atoms with Crippen LogP contribution < -0.4 is 5.32 Å². The van der Waals surface area contributed by atoms with Crippen molar-refractivity contribution in [2.24, 2.45) is 0 Å².